The van der Waals surface area contributed by atoms with Gasteiger partial charge in [0.15, 0.2) is 0 Å². The van der Waals surface area contributed by atoms with Gasteiger partial charge in [-0.3, -0.25) is 4.79 Å². The Balaban J connectivity index is 2.06. The van der Waals surface area contributed by atoms with Crippen molar-refractivity contribution in [3.63, 3.8) is 0 Å². The van der Waals surface area contributed by atoms with Crippen molar-refractivity contribution in [2.24, 2.45) is 5.90 Å². The van der Waals surface area contributed by atoms with E-state index in [1.807, 2.05) is 35.2 Å². The van der Waals surface area contributed by atoms with E-state index in [9.17, 15) is 4.79 Å². The summed E-state index contributed by atoms with van der Waals surface area (Å²) >= 11 is 0. The molecular formula is C14H20N2O2. The number of benzene rings is 1. The molecule has 18 heavy (non-hydrogen) atoms. The van der Waals surface area contributed by atoms with Crippen LogP contribution in [-0.4, -0.2) is 30.0 Å². The minimum Gasteiger partial charge on any atom is -0.336 e. The lowest BCUT2D eigenvalue weighted by Crippen LogP contribution is -2.44. The molecule has 1 aromatic carbocycles. The summed E-state index contributed by atoms with van der Waals surface area (Å²) in [6, 6.07) is 9.72. The fraction of sp³-hybridized carbons (Fsp3) is 0.500. The van der Waals surface area contributed by atoms with Crippen molar-refractivity contribution in [2.75, 3.05) is 13.2 Å². The maximum atomic E-state index is 12.4. The Hall–Kier alpha value is -1.39. The van der Waals surface area contributed by atoms with Gasteiger partial charge >= 0.3 is 0 Å². The van der Waals surface area contributed by atoms with Crippen LogP contribution in [0.1, 0.15) is 36.0 Å². The summed E-state index contributed by atoms with van der Waals surface area (Å²) in [5.41, 5.74) is 0.762. The van der Waals surface area contributed by atoms with Crippen molar-refractivity contribution in [3.05, 3.63) is 35.9 Å². The molecular weight excluding hydrogens is 228 g/mol. The van der Waals surface area contributed by atoms with Gasteiger partial charge in [0.2, 0.25) is 0 Å². The third-order valence-electron chi connectivity index (χ3n) is 3.48. The van der Waals surface area contributed by atoms with E-state index in [0.717, 1.165) is 31.4 Å². The fourth-order valence-corrected chi connectivity index (χ4v) is 2.52. The van der Waals surface area contributed by atoms with Crippen LogP contribution in [-0.2, 0) is 4.84 Å². The molecule has 0 bridgehead atoms. The quantitative estimate of drug-likeness (QED) is 0.829. The van der Waals surface area contributed by atoms with Crippen molar-refractivity contribution >= 4 is 5.91 Å². The van der Waals surface area contributed by atoms with E-state index in [2.05, 4.69) is 4.84 Å². The van der Waals surface area contributed by atoms with Crippen LogP contribution < -0.4 is 5.90 Å². The van der Waals surface area contributed by atoms with Crippen LogP contribution in [0.4, 0.5) is 0 Å². The minimum atomic E-state index is 0.123. The van der Waals surface area contributed by atoms with Crippen molar-refractivity contribution in [1.82, 2.24) is 4.90 Å². The number of nitrogens with zero attached hydrogens (tertiary/aromatic N) is 1. The number of hydrogen-bond acceptors (Lipinski definition) is 3. The third-order valence-corrected chi connectivity index (χ3v) is 3.48. The normalized spacial score (nSPS) is 19.8. The van der Waals surface area contributed by atoms with E-state index in [1.54, 1.807) is 0 Å². The van der Waals surface area contributed by atoms with Gasteiger partial charge in [0.05, 0.1) is 6.61 Å². The summed E-state index contributed by atoms with van der Waals surface area (Å²) < 4.78 is 0. The first-order valence-corrected chi connectivity index (χ1v) is 6.50. The first kappa shape index (κ1) is 13.1. The number of carbonyl (C=O) groups is 1. The Labute approximate surface area is 108 Å². The molecule has 0 spiro atoms. The van der Waals surface area contributed by atoms with Gasteiger partial charge in [0, 0.05) is 18.2 Å². The van der Waals surface area contributed by atoms with Crippen molar-refractivity contribution in [3.8, 4) is 0 Å². The molecule has 1 fully saturated rings. The fourth-order valence-electron chi connectivity index (χ4n) is 2.52. The number of amides is 1. The molecule has 1 atom stereocenters. The van der Waals surface area contributed by atoms with Crippen LogP contribution in [0.3, 0.4) is 0 Å². The van der Waals surface area contributed by atoms with Gasteiger partial charge in [-0.15, -0.1) is 0 Å². The van der Waals surface area contributed by atoms with Crippen LogP contribution in [0.5, 0.6) is 0 Å². The average molecular weight is 248 g/mol. The van der Waals surface area contributed by atoms with Gasteiger partial charge in [-0.05, 0) is 37.8 Å². The maximum absolute atomic E-state index is 12.4. The largest absolute Gasteiger partial charge is 0.336 e. The van der Waals surface area contributed by atoms with Gasteiger partial charge in [0.25, 0.3) is 5.91 Å². The van der Waals surface area contributed by atoms with Crippen LogP contribution in [0.25, 0.3) is 0 Å². The van der Waals surface area contributed by atoms with Crippen LogP contribution in [0.2, 0.25) is 0 Å². The van der Waals surface area contributed by atoms with Crippen LogP contribution in [0.15, 0.2) is 30.3 Å². The van der Waals surface area contributed by atoms with Crippen LogP contribution in [0, 0.1) is 0 Å². The highest BCUT2D eigenvalue weighted by molar-refractivity contribution is 5.94. The van der Waals surface area contributed by atoms with Crippen molar-refractivity contribution in [1.29, 1.82) is 0 Å². The molecule has 4 heteroatoms. The topological polar surface area (TPSA) is 55.6 Å². The number of piperidine rings is 1. The Morgan fingerprint density at radius 2 is 2.11 bits per heavy atom. The molecule has 0 saturated carbocycles. The van der Waals surface area contributed by atoms with E-state index in [-0.39, 0.29) is 11.9 Å². The zero-order valence-electron chi connectivity index (χ0n) is 10.5. The van der Waals surface area contributed by atoms with E-state index in [0.29, 0.717) is 6.61 Å². The van der Waals surface area contributed by atoms with Gasteiger partial charge in [-0.25, -0.2) is 5.90 Å². The molecule has 1 heterocycles. The molecule has 1 amide bonds. The number of rotatable bonds is 4. The Morgan fingerprint density at radius 3 is 2.83 bits per heavy atom. The molecule has 1 aromatic rings. The SMILES string of the molecule is NOCCC1CCCCN1C(=O)c1ccccc1. The van der Waals surface area contributed by atoms with E-state index < -0.39 is 0 Å². The lowest BCUT2D eigenvalue weighted by molar-refractivity contribution is 0.0514. The highest BCUT2D eigenvalue weighted by atomic mass is 16.6. The minimum absolute atomic E-state index is 0.123. The second-order valence-corrected chi connectivity index (χ2v) is 4.67. The van der Waals surface area contributed by atoms with Gasteiger partial charge < -0.3 is 9.74 Å². The first-order valence-electron chi connectivity index (χ1n) is 6.50. The molecule has 1 unspecified atom stereocenters. The number of hydrogen-bond donors (Lipinski definition) is 1. The summed E-state index contributed by atoms with van der Waals surface area (Å²) in [5.74, 6) is 5.20. The molecule has 98 valence electrons. The molecule has 1 saturated heterocycles. The zero-order chi connectivity index (χ0) is 12.8. The highest BCUT2D eigenvalue weighted by Crippen LogP contribution is 2.21. The molecule has 1 aliphatic heterocycles. The summed E-state index contributed by atoms with van der Waals surface area (Å²) in [4.78, 5) is 19.0. The lowest BCUT2D eigenvalue weighted by atomic mass is 9.98. The van der Waals surface area contributed by atoms with Gasteiger partial charge in [-0.2, -0.15) is 0 Å². The summed E-state index contributed by atoms with van der Waals surface area (Å²) in [6.07, 6.45) is 4.11. The average Bonchev–Trinajstić information content (AvgIpc) is 2.45. The molecule has 2 N–H and O–H groups in total. The Bertz CT molecular complexity index is 381. The second kappa shape index (κ2) is 6.52. The summed E-state index contributed by atoms with van der Waals surface area (Å²) in [5, 5.41) is 0. The van der Waals surface area contributed by atoms with E-state index in [4.69, 9.17) is 5.90 Å². The maximum Gasteiger partial charge on any atom is 0.254 e. The highest BCUT2D eigenvalue weighted by Gasteiger charge is 2.26. The number of nitrogens with two attached hydrogens (primary N) is 1. The number of likely N-dealkylation sites (tertiary alicyclic amines) is 1. The first-order chi connectivity index (χ1) is 8.83. The van der Waals surface area contributed by atoms with Crippen molar-refractivity contribution in [2.45, 2.75) is 31.7 Å². The molecule has 0 aliphatic carbocycles. The molecule has 4 nitrogen and oxygen atoms in total. The molecule has 0 aromatic heterocycles. The molecule has 0 radical (unpaired) electrons. The standard InChI is InChI=1S/C14H20N2O2/c15-18-11-9-13-8-4-5-10-16(13)14(17)12-6-2-1-3-7-12/h1-3,6-7,13H,4-5,8-11,15H2. The lowest BCUT2D eigenvalue weighted by Gasteiger charge is -2.35. The van der Waals surface area contributed by atoms with Crippen LogP contribution >= 0.6 is 0 Å². The predicted octanol–water partition coefficient (Wildman–Crippen LogP) is 1.96. The summed E-state index contributed by atoms with van der Waals surface area (Å²) in [7, 11) is 0. The Morgan fingerprint density at radius 1 is 1.33 bits per heavy atom. The smallest absolute Gasteiger partial charge is 0.254 e. The predicted molar refractivity (Wildman–Crippen MR) is 69.9 cm³/mol. The second-order valence-electron chi connectivity index (χ2n) is 4.67. The molecule has 2 rings (SSSR count). The van der Waals surface area contributed by atoms with Crippen molar-refractivity contribution < 1.29 is 9.63 Å². The van der Waals surface area contributed by atoms with Gasteiger partial charge in [0.1, 0.15) is 0 Å². The Kier molecular flexibility index (Phi) is 4.73. The zero-order valence-corrected chi connectivity index (χ0v) is 10.5. The number of carbonyl (C=O) groups excluding carboxylic acids is 1. The van der Waals surface area contributed by atoms with Gasteiger partial charge in [-0.1, -0.05) is 18.2 Å². The monoisotopic (exact) mass is 248 g/mol. The van der Waals surface area contributed by atoms with E-state index >= 15 is 0 Å². The van der Waals surface area contributed by atoms with E-state index in [1.165, 1.54) is 6.42 Å². The third kappa shape index (κ3) is 3.09. The molecule has 1 aliphatic rings. The summed E-state index contributed by atoms with van der Waals surface area (Å²) in [6.45, 7) is 1.34.